The van der Waals surface area contributed by atoms with Crippen LogP contribution in [0.15, 0.2) is 17.2 Å². The fraction of sp³-hybridized carbons (Fsp3) is 0.222. The van der Waals surface area contributed by atoms with E-state index in [1.165, 1.54) is 0 Å². The summed E-state index contributed by atoms with van der Waals surface area (Å²) in [4.78, 5) is 5.13. The SMILES string of the molecule is CC(=Cc1c(Cl)nc2sccn12)CN. The van der Waals surface area contributed by atoms with Crippen molar-refractivity contribution in [3.63, 3.8) is 0 Å². The largest absolute Gasteiger partial charge is 0.327 e. The Kier molecular flexibility index (Phi) is 2.58. The Bertz CT molecular complexity index is 483. The van der Waals surface area contributed by atoms with Crippen LogP contribution in [-0.4, -0.2) is 15.9 Å². The van der Waals surface area contributed by atoms with E-state index in [4.69, 9.17) is 17.3 Å². The summed E-state index contributed by atoms with van der Waals surface area (Å²) in [5, 5.41) is 2.51. The molecule has 2 aromatic heterocycles. The molecule has 0 atom stereocenters. The number of fused-ring (bicyclic) bond motifs is 1. The highest BCUT2D eigenvalue weighted by Crippen LogP contribution is 2.23. The zero-order valence-corrected chi connectivity index (χ0v) is 9.27. The molecule has 0 bridgehead atoms. The van der Waals surface area contributed by atoms with Gasteiger partial charge in [0, 0.05) is 18.1 Å². The van der Waals surface area contributed by atoms with Crippen LogP contribution in [0.4, 0.5) is 0 Å². The zero-order valence-electron chi connectivity index (χ0n) is 7.70. The maximum atomic E-state index is 6.00. The van der Waals surface area contributed by atoms with Gasteiger partial charge in [0.1, 0.15) is 0 Å². The highest BCUT2D eigenvalue weighted by molar-refractivity contribution is 7.15. The van der Waals surface area contributed by atoms with E-state index in [-0.39, 0.29) is 0 Å². The van der Waals surface area contributed by atoms with E-state index in [1.807, 2.05) is 29.0 Å². The second-order valence-electron chi connectivity index (χ2n) is 3.04. The van der Waals surface area contributed by atoms with E-state index in [9.17, 15) is 0 Å². The lowest BCUT2D eigenvalue weighted by Gasteiger charge is -1.95. The number of nitrogens with zero attached hydrogens (tertiary/aromatic N) is 2. The van der Waals surface area contributed by atoms with E-state index >= 15 is 0 Å². The lowest BCUT2D eigenvalue weighted by molar-refractivity contribution is 1.14. The second kappa shape index (κ2) is 3.73. The van der Waals surface area contributed by atoms with Gasteiger partial charge in [0.05, 0.1) is 5.69 Å². The first-order chi connectivity index (χ1) is 6.72. The molecule has 0 aliphatic rings. The van der Waals surface area contributed by atoms with Gasteiger partial charge >= 0.3 is 0 Å². The van der Waals surface area contributed by atoms with E-state index < -0.39 is 0 Å². The Hall–Kier alpha value is -0.840. The monoisotopic (exact) mass is 227 g/mol. The Morgan fingerprint density at radius 1 is 1.79 bits per heavy atom. The predicted octanol–water partition coefficient (Wildman–Crippen LogP) is 2.41. The van der Waals surface area contributed by atoms with Crippen LogP contribution in [0.5, 0.6) is 0 Å². The van der Waals surface area contributed by atoms with Crippen LogP contribution < -0.4 is 5.73 Å². The summed E-state index contributed by atoms with van der Waals surface area (Å²) in [5.74, 6) is 0. The molecule has 0 aliphatic heterocycles. The van der Waals surface area contributed by atoms with Gasteiger partial charge in [-0.05, 0) is 13.0 Å². The van der Waals surface area contributed by atoms with Crippen LogP contribution in [0.25, 0.3) is 11.0 Å². The third-order valence-electron chi connectivity index (χ3n) is 1.96. The Balaban J connectivity index is 2.59. The van der Waals surface area contributed by atoms with Crippen molar-refractivity contribution in [2.75, 3.05) is 6.54 Å². The first-order valence-electron chi connectivity index (χ1n) is 4.20. The van der Waals surface area contributed by atoms with Gasteiger partial charge < -0.3 is 5.73 Å². The molecule has 2 heterocycles. The summed E-state index contributed by atoms with van der Waals surface area (Å²) in [6, 6.07) is 0. The van der Waals surface area contributed by atoms with Gasteiger partial charge in [-0.15, -0.1) is 11.3 Å². The van der Waals surface area contributed by atoms with Gasteiger partial charge in [0.25, 0.3) is 0 Å². The van der Waals surface area contributed by atoms with E-state index in [1.54, 1.807) is 11.3 Å². The molecule has 2 rings (SSSR count). The minimum absolute atomic E-state index is 0.532. The van der Waals surface area contributed by atoms with Crippen LogP contribution in [0.2, 0.25) is 5.15 Å². The first kappa shape index (κ1) is 9.71. The molecular weight excluding hydrogens is 218 g/mol. The Morgan fingerprint density at radius 2 is 2.57 bits per heavy atom. The molecule has 5 heteroatoms. The summed E-state index contributed by atoms with van der Waals surface area (Å²) in [7, 11) is 0. The normalized spacial score (nSPS) is 12.6. The number of hydrogen-bond donors (Lipinski definition) is 1. The fourth-order valence-electron chi connectivity index (χ4n) is 1.20. The van der Waals surface area contributed by atoms with Crippen LogP contribution in [0.3, 0.4) is 0 Å². The van der Waals surface area contributed by atoms with Crippen LogP contribution in [-0.2, 0) is 0 Å². The minimum atomic E-state index is 0.532. The Labute approximate surface area is 90.8 Å². The maximum Gasteiger partial charge on any atom is 0.195 e. The molecule has 0 aliphatic carbocycles. The smallest absolute Gasteiger partial charge is 0.195 e. The molecule has 0 aromatic carbocycles. The van der Waals surface area contributed by atoms with Crippen molar-refractivity contribution in [3.05, 3.63) is 28.0 Å². The van der Waals surface area contributed by atoms with E-state index in [0.717, 1.165) is 16.2 Å². The van der Waals surface area contributed by atoms with Crippen molar-refractivity contribution in [3.8, 4) is 0 Å². The summed E-state index contributed by atoms with van der Waals surface area (Å²) in [6.07, 6.45) is 3.92. The summed E-state index contributed by atoms with van der Waals surface area (Å²) in [5.41, 5.74) is 7.51. The second-order valence-corrected chi connectivity index (χ2v) is 4.27. The summed E-state index contributed by atoms with van der Waals surface area (Å²) in [6.45, 7) is 2.51. The number of nitrogens with two attached hydrogens (primary N) is 1. The summed E-state index contributed by atoms with van der Waals surface area (Å²) < 4.78 is 1.96. The van der Waals surface area contributed by atoms with Gasteiger partial charge in [-0.3, -0.25) is 4.40 Å². The molecule has 0 amide bonds. The van der Waals surface area contributed by atoms with Crippen LogP contribution in [0.1, 0.15) is 12.6 Å². The number of hydrogen-bond acceptors (Lipinski definition) is 3. The third kappa shape index (κ3) is 1.56. The van der Waals surface area contributed by atoms with Crippen molar-refractivity contribution in [1.82, 2.24) is 9.38 Å². The predicted molar refractivity (Wildman–Crippen MR) is 60.8 cm³/mol. The number of rotatable bonds is 2. The quantitative estimate of drug-likeness (QED) is 0.856. The van der Waals surface area contributed by atoms with Crippen LogP contribution in [0, 0.1) is 0 Å². The molecule has 0 unspecified atom stereocenters. The molecule has 0 spiro atoms. The molecule has 0 saturated carbocycles. The molecule has 3 nitrogen and oxygen atoms in total. The van der Waals surface area contributed by atoms with Crippen molar-refractivity contribution in [2.45, 2.75) is 6.92 Å². The molecule has 0 radical (unpaired) electrons. The minimum Gasteiger partial charge on any atom is -0.327 e. The Morgan fingerprint density at radius 3 is 3.29 bits per heavy atom. The number of imidazole rings is 1. The van der Waals surface area contributed by atoms with Crippen molar-refractivity contribution in [1.29, 1.82) is 0 Å². The van der Waals surface area contributed by atoms with Crippen molar-refractivity contribution < 1.29 is 0 Å². The maximum absolute atomic E-state index is 6.00. The summed E-state index contributed by atoms with van der Waals surface area (Å²) >= 11 is 7.56. The molecule has 0 saturated heterocycles. The molecule has 74 valence electrons. The van der Waals surface area contributed by atoms with Gasteiger partial charge in [0.2, 0.25) is 0 Å². The van der Waals surface area contributed by atoms with Gasteiger partial charge in [-0.25, -0.2) is 4.98 Å². The average molecular weight is 228 g/mol. The lowest BCUT2D eigenvalue weighted by Crippen LogP contribution is -1.99. The van der Waals surface area contributed by atoms with Crippen molar-refractivity contribution >= 4 is 34.0 Å². The molecule has 0 fully saturated rings. The van der Waals surface area contributed by atoms with Gasteiger partial charge in [0.15, 0.2) is 10.1 Å². The van der Waals surface area contributed by atoms with Gasteiger partial charge in [-0.2, -0.15) is 0 Å². The van der Waals surface area contributed by atoms with Gasteiger partial charge in [-0.1, -0.05) is 17.2 Å². The van der Waals surface area contributed by atoms with E-state index in [2.05, 4.69) is 4.98 Å². The fourth-order valence-corrected chi connectivity index (χ4v) is 2.20. The highest BCUT2D eigenvalue weighted by Gasteiger charge is 2.08. The molecule has 2 aromatic rings. The first-order valence-corrected chi connectivity index (χ1v) is 5.46. The number of thiazole rings is 1. The van der Waals surface area contributed by atoms with E-state index in [0.29, 0.717) is 11.7 Å². The third-order valence-corrected chi connectivity index (χ3v) is 2.99. The number of aromatic nitrogens is 2. The number of halogens is 1. The zero-order chi connectivity index (χ0) is 10.1. The van der Waals surface area contributed by atoms with Crippen molar-refractivity contribution in [2.24, 2.45) is 5.73 Å². The van der Waals surface area contributed by atoms with Crippen LogP contribution >= 0.6 is 22.9 Å². The molecule has 14 heavy (non-hydrogen) atoms. The lowest BCUT2D eigenvalue weighted by atomic mass is 10.2. The average Bonchev–Trinajstić information content (AvgIpc) is 2.70. The highest BCUT2D eigenvalue weighted by atomic mass is 35.5. The molecular formula is C9H10ClN3S. The standard InChI is InChI=1S/C9H10ClN3S/c1-6(5-11)4-7-8(10)12-9-13(7)2-3-14-9/h2-4H,5,11H2,1H3. The topological polar surface area (TPSA) is 43.3 Å². The molecule has 2 N–H and O–H groups in total.